The average molecular weight is 841 g/mol. The van der Waals surface area contributed by atoms with Gasteiger partial charge in [0.05, 0.1) is 36.3 Å². The van der Waals surface area contributed by atoms with Crippen molar-refractivity contribution in [3.8, 4) is 0 Å². The fraction of sp³-hybridized carbons (Fsp3) is 0.885. The van der Waals surface area contributed by atoms with E-state index in [1.165, 1.54) is 24.8 Å². The zero-order valence-corrected chi connectivity index (χ0v) is 39.2. The number of ether oxygens (including phenoxy) is 2. The van der Waals surface area contributed by atoms with E-state index < -0.39 is 29.9 Å². The first kappa shape index (κ1) is 49.3. The molecule has 5 aliphatic rings. The molecule has 0 saturated heterocycles. The molecule has 0 heterocycles. The number of unbranched alkanes of at least 4 members (excludes halogenated alkanes) is 4. The highest BCUT2D eigenvalue weighted by molar-refractivity contribution is 5.72. The first-order valence-corrected chi connectivity index (χ1v) is 25.1. The van der Waals surface area contributed by atoms with Crippen LogP contribution in [0.2, 0.25) is 0 Å². The molecule has 0 aromatic rings. The lowest BCUT2D eigenvalue weighted by atomic mass is 9.48. The number of hydrogen-bond acceptors (Lipinski definition) is 8. The number of hydrogen-bond donors (Lipinski definition) is 4. The first-order valence-electron chi connectivity index (χ1n) is 25.1. The molecule has 0 aromatic carbocycles. The molecular formula is C52H88O8. The summed E-state index contributed by atoms with van der Waals surface area (Å²) in [6.07, 6.45) is 21.9. The number of esters is 2. The summed E-state index contributed by atoms with van der Waals surface area (Å²) in [6.45, 7) is 17.3. The van der Waals surface area contributed by atoms with Crippen molar-refractivity contribution in [2.75, 3.05) is 0 Å². The van der Waals surface area contributed by atoms with Crippen molar-refractivity contribution in [3.63, 3.8) is 0 Å². The normalized spacial score (nSPS) is 37.8. The number of carbonyl (C=O) groups is 2. The van der Waals surface area contributed by atoms with Crippen LogP contribution in [-0.2, 0) is 19.1 Å². The quantitative estimate of drug-likeness (QED) is 0.0663. The first-order chi connectivity index (χ1) is 28.5. The minimum absolute atomic E-state index is 0.0553. The average Bonchev–Trinajstić information content (AvgIpc) is 3.70. The maximum absolute atomic E-state index is 13.8. The van der Waals surface area contributed by atoms with Gasteiger partial charge in [0.1, 0.15) is 12.2 Å². The lowest BCUT2D eigenvalue weighted by Gasteiger charge is -2.58. The van der Waals surface area contributed by atoms with E-state index in [1.807, 2.05) is 13.8 Å². The fourth-order valence-corrected chi connectivity index (χ4v) is 13.1. The molecule has 4 N–H and O–H groups in total. The molecule has 3 fully saturated rings. The summed E-state index contributed by atoms with van der Waals surface area (Å²) in [6, 6.07) is 0. The van der Waals surface area contributed by atoms with Crippen LogP contribution in [0.3, 0.4) is 0 Å². The molecule has 5 rings (SSSR count). The molecule has 5 aliphatic carbocycles. The van der Waals surface area contributed by atoms with Gasteiger partial charge in [-0.25, -0.2) is 0 Å². The lowest BCUT2D eigenvalue weighted by Crippen LogP contribution is -2.56. The van der Waals surface area contributed by atoms with Crippen molar-refractivity contribution in [3.05, 3.63) is 23.8 Å². The van der Waals surface area contributed by atoms with E-state index in [2.05, 4.69) is 59.8 Å². The summed E-state index contributed by atoms with van der Waals surface area (Å²) < 4.78 is 12.6. The summed E-state index contributed by atoms with van der Waals surface area (Å²) in [5, 5.41) is 45.2. The molecule has 60 heavy (non-hydrogen) atoms. The van der Waals surface area contributed by atoms with E-state index in [4.69, 9.17) is 9.47 Å². The molecule has 3 unspecified atom stereocenters. The SMILES string of the molecule is CCCCCC[C@](C)(O)[C@H]1CCC(C2C[C@H](OC(=O)C[C@H](O)C[C@H](O)CC[C@@H]3[C@@H]4C(=C[C@H](C)C[C@@H]4OC(=O)[C@@H](C)CC)C=C[C@@H]3C)[C@H]3C[C@@H](O)CC[C@]3(C)C2CCCC)C1. The van der Waals surface area contributed by atoms with Gasteiger partial charge in [0.2, 0.25) is 0 Å². The van der Waals surface area contributed by atoms with Gasteiger partial charge in [-0.05, 0) is 149 Å². The maximum atomic E-state index is 13.8. The van der Waals surface area contributed by atoms with Crippen LogP contribution in [0.25, 0.3) is 0 Å². The number of fused-ring (bicyclic) bond motifs is 2. The Hall–Kier alpha value is -1.74. The summed E-state index contributed by atoms with van der Waals surface area (Å²) in [5.74, 6) is 1.81. The van der Waals surface area contributed by atoms with Crippen LogP contribution in [0.15, 0.2) is 23.8 Å². The fourth-order valence-electron chi connectivity index (χ4n) is 13.1. The predicted molar refractivity (Wildman–Crippen MR) is 240 cm³/mol. The van der Waals surface area contributed by atoms with E-state index in [9.17, 15) is 30.0 Å². The Morgan fingerprint density at radius 2 is 1.67 bits per heavy atom. The topological polar surface area (TPSA) is 134 Å². The standard InChI is InChI=1S/C52H88O8/c1-9-12-14-15-24-52(8,58)38-20-19-36(28-38)43-32-46(45-30-40(54)23-25-51(45,7)44(43)16-13-10-2)59-48(56)31-41(55)29-39(53)21-22-42-35(6)17-18-37-26-33(4)27-47(49(37)42)60-50(57)34(5)11-3/h17-18,26,33-36,38-47,49,53-55,58H,9-16,19-25,27-32H2,1-8H3/t33-,34-,35-,36?,38-,39+,40-,41+,42-,43?,44?,45+,46-,47-,49-,51+,52-/m0/s1. The molecule has 0 aromatic heterocycles. The second-order valence-corrected chi connectivity index (χ2v) is 21.6. The van der Waals surface area contributed by atoms with E-state index >= 15 is 0 Å². The van der Waals surface area contributed by atoms with Gasteiger partial charge in [0.15, 0.2) is 0 Å². The Bertz CT molecular complexity index is 1420. The molecule has 3 saturated carbocycles. The van der Waals surface area contributed by atoms with E-state index in [-0.39, 0.29) is 71.9 Å². The van der Waals surface area contributed by atoms with Crippen LogP contribution < -0.4 is 0 Å². The maximum Gasteiger partial charge on any atom is 0.308 e. The Labute approximate surface area is 365 Å². The lowest BCUT2D eigenvalue weighted by molar-refractivity contribution is -0.183. The number of aliphatic hydroxyl groups excluding tert-OH is 3. The van der Waals surface area contributed by atoms with E-state index in [0.717, 1.165) is 89.9 Å². The van der Waals surface area contributed by atoms with Crippen LogP contribution in [-0.4, -0.2) is 68.5 Å². The van der Waals surface area contributed by atoms with Crippen LogP contribution in [0.5, 0.6) is 0 Å². The van der Waals surface area contributed by atoms with Crippen LogP contribution in [0.4, 0.5) is 0 Å². The molecule has 0 bridgehead atoms. The summed E-state index contributed by atoms with van der Waals surface area (Å²) in [5.41, 5.74) is 0.506. The molecule has 344 valence electrons. The summed E-state index contributed by atoms with van der Waals surface area (Å²) in [4.78, 5) is 26.7. The predicted octanol–water partition coefficient (Wildman–Crippen LogP) is 10.7. The highest BCUT2D eigenvalue weighted by atomic mass is 16.5. The summed E-state index contributed by atoms with van der Waals surface area (Å²) in [7, 11) is 0. The highest BCUT2D eigenvalue weighted by Crippen LogP contribution is 2.61. The molecule has 8 heteroatoms. The monoisotopic (exact) mass is 841 g/mol. The number of carbonyl (C=O) groups excluding carboxylic acids is 2. The molecular weight excluding hydrogens is 753 g/mol. The van der Waals surface area contributed by atoms with Gasteiger partial charge in [0.25, 0.3) is 0 Å². The third-order valence-electron chi connectivity index (χ3n) is 17.0. The molecule has 17 atom stereocenters. The largest absolute Gasteiger partial charge is 0.462 e. The highest BCUT2D eigenvalue weighted by Gasteiger charge is 2.57. The van der Waals surface area contributed by atoms with E-state index in [0.29, 0.717) is 36.5 Å². The second kappa shape index (κ2) is 22.2. The smallest absolute Gasteiger partial charge is 0.308 e. The van der Waals surface area contributed by atoms with Gasteiger partial charge in [-0.1, -0.05) is 105 Å². The zero-order valence-electron chi connectivity index (χ0n) is 39.2. The van der Waals surface area contributed by atoms with Crippen molar-refractivity contribution in [1.29, 1.82) is 0 Å². The molecule has 0 radical (unpaired) electrons. The van der Waals surface area contributed by atoms with Gasteiger partial charge in [0, 0.05) is 11.8 Å². The molecule has 0 amide bonds. The van der Waals surface area contributed by atoms with Crippen molar-refractivity contribution in [2.45, 2.75) is 226 Å². The van der Waals surface area contributed by atoms with Gasteiger partial charge >= 0.3 is 11.9 Å². The van der Waals surface area contributed by atoms with Gasteiger partial charge < -0.3 is 29.9 Å². The van der Waals surface area contributed by atoms with Crippen LogP contribution >= 0.6 is 0 Å². The number of aliphatic hydroxyl groups is 4. The van der Waals surface area contributed by atoms with Crippen LogP contribution in [0.1, 0.15) is 190 Å². The Morgan fingerprint density at radius 1 is 0.917 bits per heavy atom. The van der Waals surface area contributed by atoms with Crippen LogP contribution in [0, 0.1) is 64.6 Å². The minimum atomic E-state index is -1.03. The Balaban J connectivity index is 1.21. The van der Waals surface area contributed by atoms with Gasteiger partial charge in [-0.2, -0.15) is 0 Å². The van der Waals surface area contributed by atoms with Crippen molar-refractivity contribution in [1.82, 2.24) is 0 Å². The molecule has 8 nitrogen and oxygen atoms in total. The Morgan fingerprint density at radius 3 is 2.38 bits per heavy atom. The Kier molecular flexibility index (Phi) is 18.3. The van der Waals surface area contributed by atoms with Crippen molar-refractivity contribution in [2.24, 2.45) is 64.6 Å². The third-order valence-corrected chi connectivity index (χ3v) is 17.0. The summed E-state index contributed by atoms with van der Waals surface area (Å²) >= 11 is 0. The van der Waals surface area contributed by atoms with Crippen molar-refractivity contribution >= 4 is 11.9 Å². The van der Waals surface area contributed by atoms with Gasteiger partial charge in [-0.3, -0.25) is 9.59 Å². The third kappa shape index (κ3) is 12.3. The zero-order chi connectivity index (χ0) is 43.8. The number of rotatable bonds is 21. The second-order valence-electron chi connectivity index (χ2n) is 21.6. The molecule has 0 aliphatic heterocycles. The van der Waals surface area contributed by atoms with Gasteiger partial charge in [-0.15, -0.1) is 0 Å². The number of allylic oxidation sites excluding steroid dienone is 3. The molecule has 0 spiro atoms. The van der Waals surface area contributed by atoms with E-state index in [1.54, 1.807) is 0 Å². The van der Waals surface area contributed by atoms with Crippen molar-refractivity contribution < 1.29 is 39.5 Å². The minimum Gasteiger partial charge on any atom is -0.462 e.